The van der Waals surface area contributed by atoms with Gasteiger partial charge in [0.1, 0.15) is 0 Å². The van der Waals surface area contributed by atoms with Crippen molar-refractivity contribution in [3.63, 3.8) is 0 Å². The molecular formula is C4H3F5IN. The molecule has 1 nitrogen and oxygen atoms in total. The second-order valence-corrected chi connectivity index (χ2v) is 3.04. The van der Waals surface area contributed by atoms with E-state index in [9.17, 15) is 22.0 Å². The van der Waals surface area contributed by atoms with E-state index in [2.05, 4.69) is 0 Å². The summed E-state index contributed by atoms with van der Waals surface area (Å²) in [5.41, 5.74) is 0. The van der Waals surface area contributed by atoms with Gasteiger partial charge in [-0.15, -0.1) is 0 Å². The van der Waals surface area contributed by atoms with Crippen molar-refractivity contribution in [3.05, 3.63) is 11.9 Å². The van der Waals surface area contributed by atoms with E-state index >= 15 is 0 Å². The van der Waals surface area contributed by atoms with Crippen LogP contribution in [0.2, 0.25) is 0 Å². The van der Waals surface area contributed by atoms with Crippen LogP contribution in [0.25, 0.3) is 0 Å². The van der Waals surface area contributed by atoms with Crippen LogP contribution in [0, 0.1) is 0 Å². The monoisotopic (exact) mass is 287 g/mol. The van der Waals surface area contributed by atoms with Crippen molar-refractivity contribution in [1.82, 2.24) is 3.11 Å². The summed E-state index contributed by atoms with van der Waals surface area (Å²) in [5, 5.41) is 0. The fourth-order valence-electron chi connectivity index (χ4n) is 0.249. The third-order valence-corrected chi connectivity index (χ3v) is 1.42. The highest BCUT2D eigenvalue weighted by molar-refractivity contribution is 14.1. The van der Waals surface area contributed by atoms with Crippen molar-refractivity contribution in [2.75, 3.05) is 7.05 Å². The lowest BCUT2D eigenvalue weighted by molar-refractivity contribution is -0.0613. The Morgan fingerprint density at radius 3 is 1.73 bits per heavy atom. The van der Waals surface area contributed by atoms with E-state index in [1.807, 2.05) is 0 Å². The molecule has 0 aromatic heterocycles. The highest BCUT2D eigenvalue weighted by Gasteiger charge is 2.42. The molecular weight excluding hydrogens is 284 g/mol. The van der Waals surface area contributed by atoms with Crippen molar-refractivity contribution in [2.24, 2.45) is 0 Å². The molecule has 0 spiro atoms. The zero-order valence-corrected chi connectivity index (χ0v) is 7.37. The highest BCUT2D eigenvalue weighted by Crippen LogP contribution is 2.33. The molecule has 7 heteroatoms. The Hall–Kier alpha value is 0.0800. The topological polar surface area (TPSA) is 3.24 Å². The van der Waals surface area contributed by atoms with Crippen LogP contribution in [0.15, 0.2) is 11.9 Å². The fourth-order valence-corrected chi connectivity index (χ4v) is 0.461. The van der Waals surface area contributed by atoms with Gasteiger partial charge >= 0.3 is 12.1 Å². The van der Waals surface area contributed by atoms with Crippen molar-refractivity contribution >= 4 is 22.9 Å². The second-order valence-electron chi connectivity index (χ2n) is 1.59. The Morgan fingerprint density at radius 2 is 1.64 bits per heavy atom. The molecule has 0 amide bonds. The molecule has 0 saturated carbocycles. The van der Waals surface area contributed by atoms with E-state index < -0.39 is 18.0 Å². The molecule has 0 atom stereocenters. The molecule has 0 aliphatic heterocycles. The van der Waals surface area contributed by atoms with E-state index in [1.165, 1.54) is 0 Å². The van der Waals surface area contributed by atoms with Crippen molar-refractivity contribution in [3.8, 4) is 0 Å². The number of alkyl halides is 2. The molecule has 11 heavy (non-hydrogen) atoms. The van der Waals surface area contributed by atoms with Gasteiger partial charge in [0.05, 0.1) is 0 Å². The molecule has 0 unspecified atom stereocenters. The first-order valence-electron chi connectivity index (χ1n) is 2.28. The predicted octanol–water partition coefficient (Wildman–Crippen LogP) is 2.94. The first-order chi connectivity index (χ1) is 4.80. The van der Waals surface area contributed by atoms with Gasteiger partial charge in [0, 0.05) is 29.9 Å². The van der Waals surface area contributed by atoms with E-state index in [1.54, 1.807) is 0 Å². The van der Waals surface area contributed by atoms with Gasteiger partial charge in [0.25, 0.3) is 5.83 Å². The van der Waals surface area contributed by atoms with Crippen LogP contribution in [0.3, 0.4) is 0 Å². The predicted molar refractivity (Wildman–Crippen MR) is 37.1 cm³/mol. The number of rotatable bonds is 2. The molecule has 0 aliphatic rings. The largest absolute Gasteiger partial charge is 0.370 e. The minimum absolute atomic E-state index is 0.0270. The normalized spacial score (nSPS) is 12.0. The molecule has 0 aromatic carbocycles. The average molecular weight is 287 g/mol. The molecule has 0 aromatic rings. The SMILES string of the molecule is CN(I)C(F)(F)C(F)=C(F)F. The molecule has 0 radical (unpaired) electrons. The summed E-state index contributed by atoms with van der Waals surface area (Å²) in [6.07, 6.45) is -3.00. The van der Waals surface area contributed by atoms with Gasteiger partial charge in [-0.3, -0.25) is 0 Å². The van der Waals surface area contributed by atoms with E-state index in [0.717, 1.165) is 29.9 Å². The Balaban J connectivity index is 4.70. The minimum Gasteiger partial charge on any atom is -0.197 e. The standard InChI is InChI=1S/C4H3F5IN/c1-11(10)4(8,9)2(5)3(6)7/h1H3. The number of hydrogen-bond acceptors (Lipinski definition) is 1. The first-order valence-corrected chi connectivity index (χ1v) is 3.25. The fraction of sp³-hybridized carbons (Fsp3) is 0.500. The smallest absolute Gasteiger partial charge is 0.197 e. The average Bonchev–Trinajstić information content (AvgIpc) is 1.85. The number of hydrogen-bond donors (Lipinski definition) is 0. The summed E-state index contributed by atoms with van der Waals surface area (Å²) in [7, 11) is 0.781. The zero-order valence-electron chi connectivity index (χ0n) is 5.22. The van der Waals surface area contributed by atoms with Crippen molar-refractivity contribution in [1.29, 1.82) is 0 Å². The lowest BCUT2D eigenvalue weighted by Gasteiger charge is -2.18. The molecule has 0 fully saturated rings. The van der Waals surface area contributed by atoms with E-state index in [-0.39, 0.29) is 3.11 Å². The molecule has 0 saturated heterocycles. The number of nitrogens with zero attached hydrogens (tertiary/aromatic N) is 1. The van der Waals surface area contributed by atoms with Crippen LogP contribution in [0.5, 0.6) is 0 Å². The molecule has 0 aliphatic carbocycles. The van der Waals surface area contributed by atoms with Crippen LogP contribution in [0.1, 0.15) is 0 Å². The molecule has 66 valence electrons. The minimum atomic E-state index is -4.24. The van der Waals surface area contributed by atoms with Gasteiger partial charge in [-0.1, -0.05) is 0 Å². The summed E-state index contributed by atoms with van der Waals surface area (Å²) in [4.78, 5) is 0. The van der Waals surface area contributed by atoms with Gasteiger partial charge in [0.15, 0.2) is 0 Å². The van der Waals surface area contributed by atoms with Gasteiger partial charge in [0.2, 0.25) is 0 Å². The lowest BCUT2D eigenvalue weighted by Crippen LogP contribution is -2.31. The maximum Gasteiger partial charge on any atom is 0.370 e. The zero-order chi connectivity index (χ0) is 9.23. The van der Waals surface area contributed by atoms with Crippen molar-refractivity contribution in [2.45, 2.75) is 6.05 Å². The van der Waals surface area contributed by atoms with Crippen LogP contribution in [0.4, 0.5) is 22.0 Å². The van der Waals surface area contributed by atoms with Gasteiger partial charge in [-0.05, 0) is 0 Å². The third-order valence-electron chi connectivity index (χ3n) is 0.817. The Bertz CT molecular complexity index is 173. The summed E-state index contributed by atoms with van der Waals surface area (Å²) in [6, 6.07) is -4.24. The molecule has 0 bridgehead atoms. The van der Waals surface area contributed by atoms with Crippen LogP contribution in [-0.4, -0.2) is 16.2 Å². The molecule has 0 heterocycles. The van der Waals surface area contributed by atoms with E-state index in [4.69, 9.17) is 0 Å². The van der Waals surface area contributed by atoms with E-state index in [0.29, 0.717) is 0 Å². The maximum atomic E-state index is 12.2. The molecule has 0 rings (SSSR count). The number of likely N-dealkylation sites (N-methyl/N-ethyl adjacent to an activating group) is 1. The summed E-state index contributed by atoms with van der Waals surface area (Å²) in [5.74, 6) is -2.71. The number of halogens is 6. The van der Waals surface area contributed by atoms with Gasteiger partial charge < -0.3 is 0 Å². The van der Waals surface area contributed by atoms with Crippen molar-refractivity contribution < 1.29 is 22.0 Å². The summed E-state index contributed by atoms with van der Waals surface area (Å²) in [6.45, 7) is 0. The highest BCUT2D eigenvalue weighted by atomic mass is 127. The quantitative estimate of drug-likeness (QED) is 0.327. The Labute approximate surface area is 73.4 Å². The van der Waals surface area contributed by atoms with Crippen LogP contribution >= 0.6 is 22.9 Å². The van der Waals surface area contributed by atoms with Crippen LogP contribution in [-0.2, 0) is 0 Å². The van der Waals surface area contributed by atoms with Gasteiger partial charge in [-0.25, -0.2) is 0 Å². The third kappa shape index (κ3) is 2.55. The molecule has 0 N–H and O–H groups in total. The lowest BCUT2D eigenvalue weighted by atomic mass is 10.5. The second kappa shape index (κ2) is 3.65. The Kier molecular flexibility index (Phi) is 3.68. The summed E-state index contributed by atoms with van der Waals surface area (Å²) >= 11 is 1.01. The van der Waals surface area contributed by atoms with Gasteiger partial charge in [-0.2, -0.15) is 25.1 Å². The maximum absolute atomic E-state index is 12.2. The van der Waals surface area contributed by atoms with Crippen LogP contribution < -0.4 is 0 Å². The Morgan fingerprint density at radius 1 is 1.27 bits per heavy atom. The summed E-state index contributed by atoms with van der Waals surface area (Å²) < 4.78 is 58.9. The first kappa shape index (κ1) is 11.1.